The van der Waals surface area contributed by atoms with Gasteiger partial charge in [0, 0.05) is 42.4 Å². The first-order valence-electron chi connectivity index (χ1n) is 7.61. The smallest absolute Gasteiger partial charge is 0.191 e. The van der Waals surface area contributed by atoms with Crippen LogP contribution in [-0.2, 0) is 6.42 Å². The van der Waals surface area contributed by atoms with E-state index < -0.39 is 0 Å². The second kappa shape index (κ2) is 9.97. The lowest BCUT2D eigenvalue weighted by atomic mass is 10.1. The first kappa shape index (κ1) is 20.0. The Kier molecular flexibility index (Phi) is 9.08. The molecular formula is C15H27IN4S2. The molecule has 2 rings (SSSR count). The van der Waals surface area contributed by atoms with Crippen LogP contribution in [0.2, 0.25) is 0 Å². The van der Waals surface area contributed by atoms with Gasteiger partial charge in [-0.3, -0.25) is 4.99 Å². The molecule has 1 aliphatic rings. The van der Waals surface area contributed by atoms with Crippen LogP contribution in [0.4, 0.5) is 0 Å². The molecule has 1 aromatic heterocycles. The van der Waals surface area contributed by atoms with Crippen molar-refractivity contribution in [3.05, 3.63) is 16.1 Å². The summed E-state index contributed by atoms with van der Waals surface area (Å²) in [6, 6.07) is 0. The van der Waals surface area contributed by atoms with Gasteiger partial charge in [-0.25, -0.2) is 4.98 Å². The lowest BCUT2D eigenvalue weighted by molar-refractivity contribution is 0.583. The molecule has 2 heterocycles. The van der Waals surface area contributed by atoms with Crippen molar-refractivity contribution in [1.82, 2.24) is 15.6 Å². The summed E-state index contributed by atoms with van der Waals surface area (Å²) in [6.45, 7) is 6.31. The molecule has 1 unspecified atom stereocenters. The fourth-order valence-electron chi connectivity index (χ4n) is 2.43. The van der Waals surface area contributed by atoms with Gasteiger partial charge in [0.1, 0.15) is 0 Å². The maximum Gasteiger partial charge on any atom is 0.191 e. The van der Waals surface area contributed by atoms with Crippen molar-refractivity contribution in [2.75, 3.05) is 25.9 Å². The Morgan fingerprint density at radius 1 is 1.45 bits per heavy atom. The summed E-state index contributed by atoms with van der Waals surface area (Å²) in [7, 11) is 1.84. The molecule has 2 N–H and O–H groups in total. The summed E-state index contributed by atoms with van der Waals surface area (Å²) < 4.78 is 0.371. The van der Waals surface area contributed by atoms with Crippen LogP contribution in [-0.4, -0.2) is 41.6 Å². The Hall–Kier alpha value is -0.0200. The fraction of sp³-hybridized carbons (Fsp3) is 0.733. The van der Waals surface area contributed by atoms with Gasteiger partial charge in [-0.2, -0.15) is 11.8 Å². The van der Waals surface area contributed by atoms with Crippen LogP contribution in [0.1, 0.15) is 36.9 Å². The highest BCUT2D eigenvalue weighted by Crippen LogP contribution is 2.36. The number of hydrogen-bond acceptors (Lipinski definition) is 4. The molecule has 7 heteroatoms. The van der Waals surface area contributed by atoms with Crippen LogP contribution in [0.3, 0.4) is 0 Å². The zero-order valence-electron chi connectivity index (χ0n) is 13.6. The van der Waals surface area contributed by atoms with Crippen molar-refractivity contribution in [2.45, 2.75) is 44.3 Å². The molecule has 1 saturated heterocycles. The van der Waals surface area contributed by atoms with Gasteiger partial charge in [-0.05, 0) is 38.9 Å². The molecule has 0 aromatic carbocycles. The van der Waals surface area contributed by atoms with Gasteiger partial charge >= 0.3 is 0 Å². The highest BCUT2D eigenvalue weighted by atomic mass is 127. The lowest BCUT2D eigenvalue weighted by Gasteiger charge is -2.24. The number of aliphatic imine (C=N–C) groups is 1. The summed E-state index contributed by atoms with van der Waals surface area (Å²) in [5.41, 5.74) is 1.13. The Morgan fingerprint density at radius 2 is 2.27 bits per heavy atom. The minimum atomic E-state index is 0. The van der Waals surface area contributed by atoms with Crippen molar-refractivity contribution in [2.24, 2.45) is 4.99 Å². The SMILES string of the molecule is CN=C(NCCCc1nc(C)cs1)NCC1(C)CCCS1.I. The second-order valence-corrected chi connectivity index (χ2v) is 8.37. The molecule has 0 bridgehead atoms. The molecule has 1 atom stereocenters. The van der Waals surface area contributed by atoms with Gasteiger partial charge in [0.05, 0.1) is 5.01 Å². The molecule has 0 spiro atoms. The first-order valence-corrected chi connectivity index (χ1v) is 9.47. The third-order valence-corrected chi connectivity index (χ3v) is 6.24. The van der Waals surface area contributed by atoms with Gasteiger partial charge < -0.3 is 10.6 Å². The first-order chi connectivity index (χ1) is 10.1. The Labute approximate surface area is 159 Å². The predicted molar refractivity (Wildman–Crippen MR) is 110 cm³/mol. The number of thiazole rings is 1. The van der Waals surface area contributed by atoms with Gasteiger partial charge in [-0.15, -0.1) is 35.3 Å². The number of halogens is 1. The maximum absolute atomic E-state index is 4.49. The Morgan fingerprint density at radius 3 is 2.86 bits per heavy atom. The number of rotatable bonds is 6. The van der Waals surface area contributed by atoms with Crippen LogP contribution in [0.25, 0.3) is 0 Å². The number of nitrogens with zero attached hydrogens (tertiary/aromatic N) is 2. The van der Waals surface area contributed by atoms with Crippen molar-refractivity contribution in [1.29, 1.82) is 0 Å². The summed E-state index contributed by atoms with van der Waals surface area (Å²) in [5.74, 6) is 2.20. The van der Waals surface area contributed by atoms with Gasteiger partial charge in [0.15, 0.2) is 5.96 Å². The number of aromatic nitrogens is 1. The second-order valence-electron chi connectivity index (χ2n) is 5.74. The molecule has 0 saturated carbocycles. The lowest BCUT2D eigenvalue weighted by Crippen LogP contribution is -2.43. The van der Waals surface area contributed by atoms with Crippen LogP contribution in [0.5, 0.6) is 0 Å². The quantitative estimate of drug-likeness (QED) is 0.299. The maximum atomic E-state index is 4.49. The number of aryl methyl sites for hydroxylation is 2. The van der Waals surface area contributed by atoms with E-state index in [4.69, 9.17) is 0 Å². The average Bonchev–Trinajstić information content (AvgIpc) is 3.07. The van der Waals surface area contributed by atoms with E-state index >= 15 is 0 Å². The van der Waals surface area contributed by atoms with E-state index in [1.807, 2.05) is 14.0 Å². The summed E-state index contributed by atoms with van der Waals surface area (Å²) in [6.07, 6.45) is 4.75. The highest BCUT2D eigenvalue weighted by molar-refractivity contribution is 14.0. The number of guanidine groups is 1. The standard InChI is InChI=1S/C15H26N4S2.HI/c1-12-10-20-13(19-12)6-4-8-17-14(16-3)18-11-15(2)7-5-9-21-15;/h10H,4-9,11H2,1-3H3,(H2,16,17,18);1H. The van der Waals surface area contributed by atoms with E-state index in [0.717, 1.165) is 37.6 Å². The zero-order valence-corrected chi connectivity index (χ0v) is 17.6. The molecule has 0 amide bonds. The Balaban J connectivity index is 0.00000242. The fourth-order valence-corrected chi connectivity index (χ4v) is 4.49. The summed E-state index contributed by atoms with van der Waals surface area (Å²) >= 11 is 3.83. The third-order valence-electron chi connectivity index (χ3n) is 3.68. The van der Waals surface area contributed by atoms with E-state index in [0.29, 0.717) is 4.75 Å². The molecule has 0 radical (unpaired) electrons. The van der Waals surface area contributed by atoms with Crippen LogP contribution >= 0.6 is 47.1 Å². The van der Waals surface area contributed by atoms with E-state index in [2.05, 4.69) is 44.7 Å². The summed E-state index contributed by atoms with van der Waals surface area (Å²) in [4.78, 5) is 8.79. The minimum Gasteiger partial charge on any atom is -0.356 e. The van der Waals surface area contributed by atoms with Crippen molar-refractivity contribution >= 4 is 53.0 Å². The highest BCUT2D eigenvalue weighted by Gasteiger charge is 2.29. The van der Waals surface area contributed by atoms with Crippen LogP contribution in [0, 0.1) is 6.92 Å². The van der Waals surface area contributed by atoms with E-state index in [1.54, 1.807) is 11.3 Å². The largest absolute Gasteiger partial charge is 0.356 e. The van der Waals surface area contributed by atoms with Crippen molar-refractivity contribution in [3.8, 4) is 0 Å². The molecule has 1 fully saturated rings. The Bertz CT molecular complexity index is 470. The summed E-state index contributed by atoms with van der Waals surface area (Å²) in [5, 5.41) is 10.2. The topological polar surface area (TPSA) is 49.3 Å². The van der Waals surface area contributed by atoms with E-state index in [9.17, 15) is 0 Å². The van der Waals surface area contributed by atoms with Gasteiger partial charge in [-0.1, -0.05) is 0 Å². The normalized spacial score (nSPS) is 21.5. The molecule has 1 aliphatic heterocycles. The van der Waals surface area contributed by atoms with Gasteiger partial charge in [0.25, 0.3) is 0 Å². The molecule has 1 aromatic rings. The molecular weight excluding hydrogens is 427 g/mol. The van der Waals surface area contributed by atoms with E-state index in [1.165, 1.54) is 23.6 Å². The molecule has 22 heavy (non-hydrogen) atoms. The van der Waals surface area contributed by atoms with E-state index in [-0.39, 0.29) is 24.0 Å². The minimum absolute atomic E-state index is 0. The molecule has 126 valence electrons. The monoisotopic (exact) mass is 454 g/mol. The van der Waals surface area contributed by atoms with Crippen LogP contribution < -0.4 is 10.6 Å². The third kappa shape index (κ3) is 6.62. The van der Waals surface area contributed by atoms with Crippen LogP contribution in [0.15, 0.2) is 10.4 Å². The average molecular weight is 454 g/mol. The number of nitrogens with one attached hydrogen (secondary N) is 2. The predicted octanol–water partition coefficient (Wildman–Crippen LogP) is 3.45. The molecule has 0 aliphatic carbocycles. The molecule has 4 nitrogen and oxygen atoms in total. The number of thioether (sulfide) groups is 1. The van der Waals surface area contributed by atoms with Crippen molar-refractivity contribution in [3.63, 3.8) is 0 Å². The van der Waals surface area contributed by atoms with Gasteiger partial charge in [0.2, 0.25) is 0 Å². The van der Waals surface area contributed by atoms with Crippen molar-refractivity contribution < 1.29 is 0 Å². The number of hydrogen-bond donors (Lipinski definition) is 2. The zero-order chi connectivity index (χ0) is 15.1.